The van der Waals surface area contributed by atoms with Crippen LogP contribution in [-0.2, 0) is 11.2 Å². The maximum Gasteiger partial charge on any atom is 0.229 e. The molecule has 3 rings (SSSR count). The SMILES string of the molecule is Cc1noc(Cl)c1CCC(=O)N1CCC[C@H]1c1cccs1. The van der Waals surface area contributed by atoms with Crippen LogP contribution in [0.25, 0.3) is 0 Å². The van der Waals surface area contributed by atoms with E-state index in [-0.39, 0.29) is 11.9 Å². The van der Waals surface area contributed by atoms with E-state index < -0.39 is 0 Å². The van der Waals surface area contributed by atoms with Gasteiger partial charge in [-0.1, -0.05) is 11.2 Å². The zero-order valence-corrected chi connectivity index (χ0v) is 13.4. The maximum absolute atomic E-state index is 12.5. The largest absolute Gasteiger partial charge is 0.344 e. The third-order valence-corrected chi connectivity index (χ3v) is 5.24. The number of nitrogens with zero attached hydrogens (tertiary/aromatic N) is 2. The van der Waals surface area contributed by atoms with Crippen LogP contribution in [0.5, 0.6) is 0 Å². The molecule has 0 bridgehead atoms. The Labute approximate surface area is 132 Å². The first kappa shape index (κ1) is 14.6. The van der Waals surface area contributed by atoms with Crippen molar-refractivity contribution >= 4 is 28.8 Å². The van der Waals surface area contributed by atoms with E-state index >= 15 is 0 Å². The van der Waals surface area contributed by atoms with Crippen LogP contribution in [0.3, 0.4) is 0 Å². The Bertz CT molecular complexity index is 604. The minimum Gasteiger partial charge on any atom is -0.344 e. The molecule has 21 heavy (non-hydrogen) atoms. The quantitative estimate of drug-likeness (QED) is 0.854. The molecule has 6 heteroatoms. The number of halogens is 1. The van der Waals surface area contributed by atoms with Crippen LogP contribution < -0.4 is 0 Å². The van der Waals surface area contributed by atoms with Crippen LogP contribution in [0.15, 0.2) is 22.0 Å². The van der Waals surface area contributed by atoms with Gasteiger partial charge in [0.25, 0.3) is 0 Å². The molecule has 3 heterocycles. The van der Waals surface area contributed by atoms with Gasteiger partial charge in [-0.25, -0.2) is 0 Å². The molecule has 0 N–H and O–H groups in total. The van der Waals surface area contributed by atoms with Crippen molar-refractivity contribution in [3.05, 3.63) is 38.9 Å². The van der Waals surface area contributed by atoms with Crippen LogP contribution in [-0.4, -0.2) is 22.5 Å². The van der Waals surface area contributed by atoms with E-state index in [2.05, 4.69) is 16.6 Å². The molecule has 0 aromatic carbocycles. The van der Waals surface area contributed by atoms with Crippen LogP contribution in [0, 0.1) is 6.92 Å². The van der Waals surface area contributed by atoms with Crippen molar-refractivity contribution in [1.82, 2.24) is 10.1 Å². The van der Waals surface area contributed by atoms with Crippen LogP contribution in [0.2, 0.25) is 5.22 Å². The molecule has 1 aliphatic heterocycles. The summed E-state index contributed by atoms with van der Waals surface area (Å²) in [7, 11) is 0. The summed E-state index contributed by atoms with van der Waals surface area (Å²) in [5, 5.41) is 6.19. The Hall–Kier alpha value is -1.33. The van der Waals surface area contributed by atoms with Gasteiger partial charge in [-0.15, -0.1) is 11.3 Å². The number of aromatic nitrogens is 1. The predicted molar refractivity (Wildman–Crippen MR) is 82.6 cm³/mol. The molecule has 2 aromatic rings. The van der Waals surface area contributed by atoms with Crippen molar-refractivity contribution in [2.45, 2.75) is 38.6 Å². The molecule has 0 radical (unpaired) electrons. The van der Waals surface area contributed by atoms with E-state index in [1.54, 1.807) is 11.3 Å². The summed E-state index contributed by atoms with van der Waals surface area (Å²) >= 11 is 7.67. The fraction of sp³-hybridized carbons (Fsp3) is 0.467. The maximum atomic E-state index is 12.5. The Kier molecular flexibility index (Phi) is 4.31. The molecule has 1 aliphatic rings. The first-order valence-electron chi connectivity index (χ1n) is 7.10. The lowest BCUT2D eigenvalue weighted by Crippen LogP contribution is -2.30. The van der Waals surface area contributed by atoms with E-state index in [1.807, 2.05) is 17.9 Å². The molecule has 0 saturated carbocycles. The van der Waals surface area contributed by atoms with Gasteiger partial charge in [-0.05, 0) is 49.2 Å². The van der Waals surface area contributed by atoms with Gasteiger partial charge in [0.15, 0.2) is 0 Å². The van der Waals surface area contributed by atoms with Gasteiger partial charge in [0.2, 0.25) is 11.1 Å². The second-order valence-corrected chi connectivity index (χ2v) is 6.60. The van der Waals surface area contributed by atoms with Crippen molar-refractivity contribution in [3.8, 4) is 0 Å². The fourth-order valence-electron chi connectivity index (χ4n) is 2.86. The lowest BCUT2D eigenvalue weighted by Gasteiger charge is -2.24. The van der Waals surface area contributed by atoms with Gasteiger partial charge in [0.1, 0.15) is 0 Å². The molecule has 0 aliphatic carbocycles. The minimum absolute atomic E-state index is 0.183. The average Bonchev–Trinajstić information content (AvgIpc) is 3.18. The number of carbonyl (C=O) groups is 1. The summed E-state index contributed by atoms with van der Waals surface area (Å²) in [6.07, 6.45) is 3.16. The predicted octanol–water partition coefficient (Wildman–Crippen LogP) is 3.99. The van der Waals surface area contributed by atoms with Crippen molar-refractivity contribution in [3.63, 3.8) is 0 Å². The minimum atomic E-state index is 0.183. The average molecular weight is 325 g/mol. The molecule has 4 nitrogen and oxygen atoms in total. The third-order valence-electron chi connectivity index (χ3n) is 3.97. The van der Waals surface area contributed by atoms with Gasteiger partial charge in [0, 0.05) is 23.4 Å². The van der Waals surface area contributed by atoms with E-state index in [1.165, 1.54) is 4.88 Å². The van der Waals surface area contributed by atoms with Crippen LogP contribution in [0.4, 0.5) is 0 Å². The van der Waals surface area contributed by atoms with Crippen molar-refractivity contribution in [1.29, 1.82) is 0 Å². The first-order chi connectivity index (χ1) is 10.2. The van der Waals surface area contributed by atoms with Gasteiger partial charge in [-0.3, -0.25) is 4.79 Å². The number of thiophene rings is 1. The van der Waals surface area contributed by atoms with Crippen molar-refractivity contribution < 1.29 is 9.32 Å². The number of hydrogen-bond donors (Lipinski definition) is 0. The molecule has 1 amide bonds. The highest BCUT2D eigenvalue weighted by atomic mass is 35.5. The summed E-state index contributed by atoms with van der Waals surface area (Å²) in [5.74, 6) is 0.183. The van der Waals surface area contributed by atoms with Gasteiger partial charge < -0.3 is 9.42 Å². The second kappa shape index (κ2) is 6.20. The van der Waals surface area contributed by atoms with Crippen molar-refractivity contribution in [2.24, 2.45) is 0 Å². The van der Waals surface area contributed by atoms with E-state index in [0.717, 1.165) is 30.6 Å². The smallest absolute Gasteiger partial charge is 0.229 e. The summed E-state index contributed by atoms with van der Waals surface area (Å²) in [6.45, 7) is 2.69. The number of aryl methyl sites for hydroxylation is 1. The number of amides is 1. The lowest BCUT2D eigenvalue weighted by molar-refractivity contribution is -0.132. The van der Waals surface area contributed by atoms with Crippen molar-refractivity contribution in [2.75, 3.05) is 6.54 Å². The number of likely N-dealkylation sites (tertiary alicyclic amines) is 1. The summed E-state index contributed by atoms with van der Waals surface area (Å²) in [6, 6.07) is 4.40. The Morgan fingerprint density at radius 3 is 3.14 bits per heavy atom. The topological polar surface area (TPSA) is 46.3 Å². The molecule has 1 atom stereocenters. The molecular weight excluding hydrogens is 308 g/mol. The summed E-state index contributed by atoms with van der Waals surface area (Å²) in [5.41, 5.74) is 1.61. The van der Waals surface area contributed by atoms with Crippen LogP contribution >= 0.6 is 22.9 Å². The third kappa shape index (κ3) is 2.99. The lowest BCUT2D eigenvalue weighted by atomic mass is 10.1. The highest BCUT2D eigenvalue weighted by molar-refractivity contribution is 7.10. The van der Waals surface area contributed by atoms with Gasteiger partial charge >= 0.3 is 0 Å². The number of carbonyl (C=O) groups excluding carboxylic acids is 1. The molecule has 112 valence electrons. The highest BCUT2D eigenvalue weighted by Crippen LogP contribution is 2.35. The monoisotopic (exact) mass is 324 g/mol. The van der Waals surface area contributed by atoms with E-state index in [0.29, 0.717) is 18.1 Å². The Morgan fingerprint density at radius 2 is 2.48 bits per heavy atom. The van der Waals surface area contributed by atoms with Crippen LogP contribution in [0.1, 0.15) is 41.4 Å². The molecule has 1 fully saturated rings. The molecule has 0 unspecified atom stereocenters. The highest BCUT2D eigenvalue weighted by Gasteiger charge is 2.30. The second-order valence-electron chi connectivity index (χ2n) is 5.28. The Balaban J connectivity index is 1.65. The zero-order valence-electron chi connectivity index (χ0n) is 11.8. The summed E-state index contributed by atoms with van der Waals surface area (Å²) in [4.78, 5) is 15.8. The Morgan fingerprint density at radius 1 is 1.62 bits per heavy atom. The molecule has 2 aromatic heterocycles. The number of rotatable bonds is 4. The normalized spacial score (nSPS) is 18.4. The first-order valence-corrected chi connectivity index (χ1v) is 8.36. The van der Waals surface area contributed by atoms with Gasteiger partial charge in [0.05, 0.1) is 11.7 Å². The zero-order chi connectivity index (χ0) is 14.8. The molecular formula is C15H17ClN2O2S. The van der Waals surface area contributed by atoms with E-state index in [9.17, 15) is 4.79 Å². The van der Waals surface area contributed by atoms with E-state index in [4.69, 9.17) is 16.1 Å². The fourth-order valence-corrected chi connectivity index (χ4v) is 4.00. The summed E-state index contributed by atoms with van der Waals surface area (Å²) < 4.78 is 4.93. The standard InChI is InChI=1S/C15H17ClN2O2S/c1-10-11(15(16)20-17-10)6-7-14(19)18-8-2-4-12(18)13-5-3-9-21-13/h3,5,9,12H,2,4,6-8H2,1H3/t12-/m0/s1. The number of hydrogen-bond acceptors (Lipinski definition) is 4. The molecule has 1 saturated heterocycles. The molecule has 0 spiro atoms. The van der Waals surface area contributed by atoms with Gasteiger partial charge in [-0.2, -0.15) is 0 Å².